The van der Waals surface area contributed by atoms with Gasteiger partial charge in [0.05, 0.1) is 25.0 Å². The van der Waals surface area contributed by atoms with Crippen LogP contribution in [0.25, 0.3) is 0 Å². The molecule has 126 valence electrons. The number of carbonyl (C=O) groups excluding carboxylic acids is 1. The molecule has 0 aliphatic carbocycles. The van der Waals surface area contributed by atoms with E-state index in [0.717, 1.165) is 10.0 Å². The van der Waals surface area contributed by atoms with E-state index < -0.39 is 0 Å². The lowest BCUT2D eigenvalue weighted by Crippen LogP contribution is -2.18. The number of hydrogen-bond acceptors (Lipinski definition) is 4. The standard InChI is InChI=1S/C18H19BrN2O3/c1-3-23-16-10-9-13(11-17(16)24-4-2)12-20-21-18(22)14-7-5-6-8-15(14)19/h5-12H,3-4H2,1-2H3,(H,21,22). The molecule has 2 rings (SSSR count). The van der Waals surface area contributed by atoms with E-state index in [4.69, 9.17) is 9.47 Å². The molecule has 0 radical (unpaired) electrons. The van der Waals surface area contributed by atoms with Crippen molar-refractivity contribution in [1.82, 2.24) is 5.43 Å². The Labute approximate surface area is 149 Å². The van der Waals surface area contributed by atoms with Gasteiger partial charge in [-0.1, -0.05) is 12.1 Å². The van der Waals surface area contributed by atoms with Crippen LogP contribution in [0.2, 0.25) is 0 Å². The van der Waals surface area contributed by atoms with Crippen LogP contribution in [0.15, 0.2) is 52.0 Å². The second-order valence-corrected chi connectivity index (χ2v) is 5.61. The molecule has 6 heteroatoms. The molecule has 0 bridgehead atoms. The maximum Gasteiger partial charge on any atom is 0.272 e. The molecule has 0 aliphatic rings. The van der Waals surface area contributed by atoms with Gasteiger partial charge in [-0.05, 0) is 65.7 Å². The zero-order valence-electron chi connectivity index (χ0n) is 13.6. The zero-order valence-corrected chi connectivity index (χ0v) is 15.2. The highest BCUT2D eigenvalue weighted by Crippen LogP contribution is 2.28. The van der Waals surface area contributed by atoms with Gasteiger partial charge >= 0.3 is 0 Å². The van der Waals surface area contributed by atoms with Gasteiger partial charge in [-0.2, -0.15) is 5.10 Å². The summed E-state index contributed by atoms with van der Waals surface area (Å²) in [5.41, 5.74) is 3.83. The third-order valence-electron chi connectivity index (χ3n) is 3.07. The minimum Gasteiger partial charge on any atom is -0.490 e. The molecular weight excluding hydrogens is 372 g/mol. The number of rotatable bonds is 7. The van der Waals surface area contributed by atoms with Gasteiger partial charge in [-0.25, -0.2) is 5.43 Å². The minimum absolute atomic E-state index is 0.283. The highest BCUT2D eigenvalue weighted by Gasteiger charge is 2.08. The maximum absolute atomic E-state index is 12.1. The van der Waals surface area contributed by atoms with Crippen molar-refractivity contribution in [2.45, 2.75) is 13.8 Å². The third kappa shape index (κ3) is 4.83. The molecule has 0 aliphatic heterocycles. The van der Waals surface area contributed by atoms with Crippen molar-refractivity contribution in [2.75, 3.05) is 13.2 Å². The Kier molecular flexibility index (Phi) is 6.81. The first-order valence-electron chi connectivity index (χ1n) is 7.63. The van der Waals surface area contributed by atoms with Crippen LogP contribution in [0, 0.1) is 0 Å². The molecule has 24 heavy (non-hydrogen) atoms. The molecule has 0 aromatic heterocycles. The van der Waals surface area contributed by atoms with Gasteiger partial charge in [0, 0.05) is 4.47 Å². The van der Waals surface area contributed by atoms with Crippen LogP contribution < -0.4 is 14.9 Å². The summed E-state index contributed by atoms with van der Waals surface area (Å²) in [5, 5.41) is 3.99. The molecule has 1 amide bonds. The number of ether oxygens (including phenoxy) is 2. The van der Waals surface area contributed by atoms with Gasteiger partial charge in [0.2, 0.25) is 0 Å². The van der Waals surface area contributed by atoms with Crippen molar-refractivity contribution in [3.63, 3.8) is 0 Å². The van der Waals surface area contributed by atoms with Gasteiger partial charge in [-0.3, -0.25) is 4.79 Å². The third-order valence-corrected chi connectivity index (χ3v) is 3.76. The number of hydrogen-bond donors (Lipinski definition) is 1. The Bertz CT molecular complexity index is 732. The Morgan fingerprint density at radius 3 is 2.54 bits per heavy atom. The number of nitrogens with one attached hydrogen (secondary N) is 1. The summed E-state index contributed by atoms with van der Waals surface area (Å²) in [4.78, 5) is 12.1. The van der Waals surface area contributed by atoms with Crippen molar-refractivity contribution in [3.05, 3.63) is 58.1 Å². The average Bonchev–Trinajstić information content (AvgIpc) is 2.58. The maximum atomic E-state index is 12.1. The minimum atomic E-state index is -0.283. The van der Waals surface area contributed by atoms with Gasteiger partial charge in [0.1, 0.15) is 0 Å². The van der Waals surface area contributed by atoms with Crippen LogP contribution in [0.3, 0.4) is 0 Å². The molecule has 0 heterocycles. The van der Waals surface area contributed by atoms with Crippen molar-refractivity contribution in [3.8, 4) is 11.5 Å². The van der Waals surface area contributed by atoms with Crippen LogP contribution in [0.1, 0.15) is 29.8 Å². The van der Waals surface area contributed by atoms with Gasteiger partial charge in [0.25, 0.3) is 5.91 Å². The Hall–Kier alpha value is -2.34. The number of carbonyl (C=O) groups is 1. The zero-order chi connectivity index (χ0) is 17.4. The van der Waals surface area contributed by atoms with E-state index in [0.29, 0.717) is 30.3 Å². The topological polar surface area (TPSA) is 59.9 Å². The Morgan fingerprint density at radius 1 is 1.12 bits per heavy atom. The second kappa shape index (κ2) is 9.08. The predicted molar refractivity (Wildman–Crippen MR) is 98.0 cm³/mol. The van der Waals surface area contributed by atoms with E-state index in [1.54, 1.807) is 24.4 Å². The van der Waals surface area contributed by atoms with E-state index in [-0.39, 0.29) is 5.91 Å². The van der Waals surface area contributed by atoms with Crippen LogP contribution in [0.5, 0.6) is 11.5 Å². The fraction of sp³-hybridized carbons (Fsp3) is 0.222. The largest absolute Gasteiger partial charge is 0.490 e. The van der Waals surface area contributed by atoms with E-state index in [2.05, 4.69) is 26.5 Å². The van der Waals surface area contributed by atoms with Gasteiger partial charge < -0.3 is 9.47 Å². The predicted octanol–water partition coefficient (Wildman–Crippen LogP) is 4.01. The van der Waals surface area contributed by atoms with Crippen molar-refractivity contribution in [1.29, 1.82) is 0 Å². The first-order chi connectivity index (χ1) is 11.7. The fourth-order valence-corrected chi connectivity index (χ4v) is 2.48. The molecule has 0 atom stereocenters. The number of amides is 1. The van der Waals surface area contributed by atoms with Crippen LogP contribution in [-0.4, -0.2) is 25.3 Å². The average molecular weight is 391 g/mol. The highest BCUT2D eigenvalue weighted by atomic mass is 79.9. The SMILES string of the molecule is CCOc1ccc(C=NNC(=O)c2ccccc2Br)cc1OCC. The number of halogens is 1. The Morgan fingerprint density at radius 2 is 1.83 bits per heavy atom. The molecule has 2 aromatic carbocycles. The van der Waals surface area contributed by atoms with Gasteiger partial charge in [-0.15, -0.1) is 0 Å². The summed E-state index contributed by atoms with van der Waals surface area (Å²) in [6.45, 7) is 4.94. The lowest BCUT2D eigenvalue weighted by molar-refractivity contribution is 0.0954. The molecule has 0 unspecified atom stereocenters. The number of benzene rings is 2. The lowest BCUT2D eigenvalue weighted by atomic mass is 10.2. The quantitative estimate of drug-likeness (QED) is 0.573. The first-order valence-corrected chi connectivity index (χ1v) is 8.42. The molecule has 1 N–H and O–H groups in total. The molecule has 0 saturated carbocycles. The smallest absolute Gasteiger partial charge is 0.272 e. The first kappa shape index (κ1) is 18.0. The number of hydrazone groups is 1. The van der Waals surface area contributed by atoms with Crippen molar-refractivity contribution in [2.24, 2.45) is 5.10 Å². The normalized spacial score (nSPS) is 10.6. The molecular formula is C18H19BrN2O3. The molecule has 2 aromatic rings. The van der Waals surface area contributed by atoms with Crippen molar-refractivity contribution >= 4 is 28.1 Å². The lowest BCUT2D eigenvalue weighted by Gasteiger charge is -2.11. The van der Waals surface area contributed by atoms with E-state index in [9.17, 15) is 4.79 Å². The summed E-state index contributed by atoms with van der Waals surface area (Å²) in [7, 11) is 0. The Balaban J connectivity index is 2.07. The van der Waals surface area contributed by atoms with E-state index >= 15 is 0 Å². The highest BCUT2D eigenvalue weighted by molar-refractivity contribution is 9.10. The van der Waals surface area contributed by atoms with E-state index in [1.807, 2.05) is 38.1 Å². The summed E-state index contributed by atoms with van der Waals surface area (Å²) in [6, 6.07) is 12.7. The molecule has 0 fully saturated rings. The van der Waals surface area contributed by atoms with Gasteiger partial charge in [0.15, 0.2) is 11.5 Å². The second-order valence-electron chi connectivity index (χ2n) is 4.75. The molecule has 0 saturated heterocycles. The summed E-state index contributed by atoms with van der Waals surface area (Å²) >= 11 is 3.34. The fourth-order valence-electron chi connectivity index (χ4n) is 2.02. The summed E-state index contributed by atoms with van der Waals surface area (Å²) < 4.78 is 11.8. The number of nitrogens with zero attached hydrogens (tertiary/aromatic N) is 1. The van der Waals surface area contributed by atoms with Crippen LogP contribution in [-0.2, 0) is 0 Å². The van der Waals surface area contributed by atoms with Crippen LogP contribution in [0.4, 0.5) is 0 Å². The molecule has 5 nitrogen and oxygen atoms in total. The molecule has 0 spiro atoms. The summed E-state index contributed by atoms with van der Waals surface area (Å²) in [5.74, 6) is 1.06. The monoisotopic (exact) mass is 390 g/mol. The summed E-state index contributed by atoms with van der Waals surface area (Å²) in [6.07, 6.45) is 1.56. The van der Waals surface area contributed by atoms with E-state index in [1.165, 1.54) is 0 Å². The van der Waals surface area contributed by atoms with Crippen molar-refractivity contribution < 1.29 is 14.3 Å². The van der Waals surface area contributed by atoms with Crippen LogP contribution >= 0.6 is 15.9 Å².